The summed E-state index contributed by atoms with van der Waals surface area (Å²) in [7, 11) is 0. The van der Waals surface area contributed by atoms with Crippen molar-refractivity contribution in [2.75, 3.05) is 41.3 Å². The third-order valence-electron chi connectivity index (χ3n) is 5.58. The van der Waals surface area contributed by atoms with Gasteiger partial charge in [-0.2, -0.15) is 0 Å². The van der Waals surface area contributed by atoms with Crippen molar-refractivity contribution >= 4 is 34.8 Å². The van der Waals surface area contributed by atoms with Crippen LogP contribution in [-0.4, -0.2) is 41.6 Å². The normalized spacial score (nSPS) is 13.8. The zero-order chi connectivity index (χ0) is 22.7. The Morgan fingerprint density at radius 2 is 1.69 bits per heavy atom. The summed E-state index contributed by atoms with van der Waals surface area (Å²) in [6, 6.07) is 17.0. The van der Waals surface area contributed by atoms with Gasteiger partial charge in [-0.05, 0) is 43.7 Å². The fourth-order valence-electron chi connectivity index (χ4n) is 3.86. The first-order valence-electron chi connectivity index (χ1n) is 10.6. The van der Waals surface area contributed by atoms with Gasteiger partial charge in [0.25, 0.3) is 5.56 Å². The molecule has 1 amide bonds. The van der Waals surface area contributed by atoms with Crippen LogP contribution in [0.3, 0.4) is 0 Å². The maximum atomic E-state index is 12.8. The van der Waals surface area contributed by atoms with Crippen molar-refractivity contribution in [2.45, 2.75) is 20.4 Å². The summed E-state index contributed by atoms with van der Waals surface area (Å²) in [6.07, 6.45) is 0. The standard InChI is InChI=1S/C24H26ClN5O2/c1-17-8-9-19(25)15-21(17)27-22(31)16-30-23(32)14-18(2)26-24(30)29-12-10-28(11-13-29)20-6-4-3-5-7-20/h3-9,14-15H,10-13,16H2,1-2H3,(H,27,31). The molecule has 1 aliphatic rings. The molecule has 0 radical (unpaired) electrons. The van der Waals surface area contributed by atoms with Crippen LogP contribution in [0.1, 0.15) is 11.3 Å². The largest absolute Gasteiger partial charge is 0.368 e. The lowest BCUT2D eigenvalue weighted by molar-refractivity contribution is -0.116. The molecule has 1 N–H and O–H groups in total. The van der Waals surface area contributed by atoms with Crippen LogP contribution >= 0.6 is 11.6 Å². The smallest absolute Gasteiger partial charge is 0.255 e. The Bertz CT molecular complexity index is 1170. The molecule has 1 saturated heterocycles. The van der Waals surface area contributed by atoms with E-state index in [1.54, 1.807) is 19.1 Å². The molecule has 2 heterocycles. The lowest BCUT2D eigenvalue weighted by Crippen LogP contribution is -2.48. The van der Waals surface area contributed by atoms with Gasteiger partial charge >= 0.3 is 0 Å². The molecule has 0 bridgehead atoms. The average Bonchev–Trinajstić information content (AvgIpc) is 2.78. The van der Waals surface area contributed by atoms with Crippen molar-refractivity contribution < 1.29 is 4.79 Å². The molecule has 2 aromatic carbocycles. The van der Waals surface area contributed by atoms with E-state index in [4.69, 9.17) is 11.6 Å². The van der Waals surface area contributed by atoms with Crippen LogP contribution in [0.15, 0.2) is 59.4 Å². The van der Waals surface area contributed by atoms with Gasteiger partial charge in [0.2, 0.25) is 11.9 Å². The van der Waals surface area contributed by atoms with E-state index in [2.05, 4.69) is 32.2 Å². The molecule has 166 valence electrons. The minimum Gasteiger partial charge on any atom is -0.368 e. The van der Waals surface area contributed by atoms with Gasteiger partial charge in [-0.1, -0.05) is 35.9 Å². The molecule has 8 heteroatoms. The molecule has 4 rings (SSSR count). The number of nitrogens with zero attached hydrogens (tertiary/aromatic N) is 4. The number of amides is 1. The number of hydrogen-bond donors (Lipinski definition) is 1. The zero-order valence-corrected chi connectivity index (χ0v) is 19.0. The number of para-hydroxylation sites is 1. The van der Waals surface area contributed by atoms with Crippen LogP contribution in [0.2, 0.25) is 5.02 Å². The number of piperazine rings is 1. The molecule has 1 aliphatic heterocycles. The van der Waals surface area contributed by atoms with Gasteiger partial charge in [-0.25, -0.2) is 4.98 Å². The van der Waals surface area contributed by atoms with Crippen molar-refractivity contribution in [3.05, 3.63) is 81.2 Å². The Morgan fingerprint density at radius 1 is 1.00 bits per heavy atom. The highest BCUT2D eigenvalue weighted by molar-refractivity contribution is 6.31. The van der Waals surface area contributed by atoms with Crippen LogP contribution in [0.4, 0.5) is 17.3 Å². The fourth-order valence-corrected chi connectivity index (χ4v) is 4.03. The molecule has 32 heavy (non-hydrogen) atoms. The summed E-state index contributed by atoms with van der Waals surface area (Å²) in [5.41, 5.74) is 3.11. The molecule has 0 unspecified atom stereocenters. The molecule has 1 aromatic heterocycles. The van der Waals surface area contributed by atoms with E-state index in [-0.39, 0.29) is 18.0 Å². The van der Waals surface area contributed by atoms with Crippen molar-refractivity contribution in [2.24, 2.45) is 0 Å². The molecule has 0 spiro atoms. The lowest BCUT2D eigenvalue weighted by Gasteiger charge is -2.37. The van der Waals surface area contributed by atoms with E-state index in [0.29, 0.717) is 35.4 Å². The molecular weight excluding hydrogens is 426 g/mol. The maximum absolute atomic E-state index is 12.8. The van der Waals surface area contributed by atoms with Crippen LogP contribution in [0.5, 0.6) is 0 Å². The van der Waals surface area contributed by atoms with E-state index < -0.39 is 0 Å². The van der Waals surface area contributed by atoms with Gasteiger partial charge in [0.15, 0.2) is 0 Å². The first-order valence-corrected chi connectivity index (χ1v) is 11.0. The first kappa shape index (κ1) is 21.9. The molecule has 3 aromatic rings. The Kier molecular flexibility index (Phi) is 6.46. The predicted octanol–water partition coefficient (Wildman–Crippen LogP) is 3.48. The van der Waals surface area contributed by atoms with E-state index in [1.165, 1.54) is 16.3 Å². The molecule has 0 aliphatic carbocycles. The summed E-state index contributed by atoms with van der Waals surface area (Å²) < 4.78 is 1.44. The van der Waals surface area contributed by atoms with Crippen molar-refractivity contribution in [1.29, 1.82) is 0 Å². The van der Waals surface area contributed by atoms with E-state index >= 15 is 0 Å². The second-order valence-electron chi connectivity index (χ2n) is 7.94. The number of anilines is 3. The van der Waals surface area contributed by atoms with Crippen LogP contribution < -0.4 is 20.7 Å². The third kappa shape index (κ3) is 4.94. The van der Waals surface area contributed by atoms with Crippen LogP contribution in [0, 0.1) is 13.8 Å². The first-order chi connectivity index (χ1) is 15.4. The van der Waals surface area contributed by atoms with Gasteiger partial charge in [-0.3, -0.25) is 14.2 Å². The summed E-state index contributed by atoms with van der Waals surface area (Å²) in [4.78, 5) is 34.6. The Labute approximate surface area is 192 Å². The van der Waals surface area contributed by atoms with Crippen molar-refractivity contribution in [1.82, 2.24) is 9.55 Å². The zero-order valence-electron chi connectivity index (χ0n) is 18.2. The lowest BCUT2D eigenvalue weighted by atomic mass is 10.2. The van der Waals surface area contributed by atoms with E-state index in [9.17, 15) is 9.59 Å². The summed E-state index contributed by atoms with van der Waals surface area (Å²) >= 11 is 6.06. The molecule has 1 fully saturated rings. The highest BCUT2D eigenvalue weighted by Crippen LogP contribution is 2.21. The number of hydrogen-bond acceptors (Lipinski definition) is 5. The summed E-state index contributed by atoms with van der Waals surface area (Å²) in [6.45, 7) is 6.60. The van der Waals surface area contributed by atoms with Crippen LogP contribution in [-0.2, 0) is 11.3 Å². The summed E-state index contributed by atoms with van der Waals surface area (Å²) in [5, 5.41) is 3.40. The van der Waals surface area contributed by atoms with Gasteiger partial charge in [-0.15, -0.1) is 0 Å². The number of carbonyl (C=O) groups is 1. The number of rotatable bonds is 5. The Hall–Kier alpha value is -3.32. The summed E-state index contributed by atoms with van der Waals surface area (Å²) in [5.74, 6) is 0.230. The highest BCUT2D eigenvalue weighted by Gasteiger charge is 2.22. The van der Waals surface area contributed by atoms with Gasteiger partial charge in [0.1, 0.15) is 6.54 Å². The minimum atomic E-state index is -0.299. The van der Waals surface area contributed by atoms with Gasteiger partial charge < -0.3 is 15.1 Å². The Morgan fingerprint density at radius 3 is 2.41 bits per heavy atom. The Balaban J connectivity index is 1.52. The average molecular weight is 452 g/mol. The molecule has 0 saturated carbocycles. The number of nitrogens with one attached hydrogen (secondary N) is 1. The number of halogens is 1. The predicted molar refractivity (Wildman–Crippen MR) is 129 cm³/mol. The minimum absolute atomic E-state index is 0.119. The maximum Gasteiger partial charge on any atom is 0.255 e. The van der Waals surface area contributed by atoms with Gasteiger partial charge in [0.05, 0.1) is 0 Å². The second-order valence-corrected chi connectivity index (χ2v) is 8.38. The quantitative estimate of drug-likeness (QED) is 0.643. The fraction of sp³-hybridized carbons (Fsp3) is 0.292. The third-order valence-corrected chi connectivity index (χ3v) is 5.81. The SMILES string of the molecule is Cc1cc(=O)n(CC(=O)Nc2cc(Cl)ccc2C)c(N2CCN(c3ccccc3)CC2)n1. The van der Waals surface area contributed by atoms with Crippen LogP contribution in [0.25, 0.3) is 0 Å². The topological polar surface area (TPSA) is 70.5 Å². The monoisotopic (exact) mass is 451 g/mol. The van der Waals surface area contributed by atoms with E-state index in [1.807, 2.05) is 31.2 Å². The number of carbonyl (C=O) groups excluding carboxylic acids is 1. The van der Waals surface area contributed by atoms with Crippen molar-refractivity contribution in [3.63, 3.8) is 0 Å². The van der Waals surface area contributed by atoms with E-state index in [0.717, 1.165) is 18.7 Å². The van der Waals surface area contributed by atoms with Crippen molar-refractivity contribution in [3.8, 4) is 0 Å². The highest BCUT2D eigenvalue weighted by atomic mass is 35.5. The second kappa shape index (κ2) is 9.44. The van der Waals surface area contributed by atoms with Gasteiger partial charge in [0, 0.05) is 54.3 Å². The number of aromatic nitrogens is 2. The molecule has 0 atom stereocenters. The molecular formula is C24H26ClN5O2. The number of benzene rings is 2. The molecule has 7 nitrogen and oxygen atoms in total. The number of aryl methyl sites for hydroxylation is 2.